The van der Waals surface area contributed by atoms with E-state index in [1.807, 2.05) is 61.5 Å². The van der Waals surface area contributed by atoms with Gasteiger partial charge in [-0.1, -0.05) is 72.8 Å². The van der Waals surface area contributed by atoms with Crippen molar-refractivity contribution in [3.8, 4) is 0 Å². The Labute approximate surface area is 171 Å². The molecule has 0 radical (unpaired) electrons. The van der Waals surface area contributed by atoms with E-state index in [4.69, 9.17) is 4.98 Å². The molecule has 1 unspecified atom stereocenters. The molecule has 0 aliphatic carbocycles. The fourth-order valence-corrected chi connectivity index (χ4v) is 3.68. The van der Waals surface area contributed by atoms with Crippen LogP contribution in [0.2, 0.25) is 0 Å². The van der Waals surface area contributed by atoms with Crippen molar-refractivity contribution in [1.82, 2.24) is 14.9 Å². The van der Waals surface area contributed by atoms with Crippen LogP contribution >= 0.6 is 0 Å². The number of hydrogen-bond acceptors (Lipinski definition) is 2. The SMILES string of the molecule is CC(NC(=O)Cc1ccccc1)c1nc2ccccc2n1CCc1ccccc1. The summed E-state index contributed by atoms with van der Waals surface area (Å²) < 4.78 is 2.23. The number of aromatic nitrogens is 2. The minimum atomic E-state index is -0.172. The van der Waals surface area contributed by atoms with Gasteiger partial charge in [-0.3, -0.25) is 4.79 Å². The number of amides is 1. The number of benzene rings is 3. The van der Waals surface area contributed by atoms with E-state index in [1.165, 1.54) is 5.56 Å². The summed E-state index contributed by atoms with van der Waals surface area (Å²) in [6, 6.07) is 28.2. The summed E-state index contributed by atoms with van der Waals surface area (Å²) in [6.07, 6.45) is 1.29. The van der Waals surface area contributed by atoms with Gasteiger partial charge in [-0.05, 0) is 36.6 Å². The van der Waals surface area contributed by atoms with E-state index in [1.54, 1.807) is 0 Å². The fraction of sp³-hybridized carbons (Fsp3) is 0.200. The van der Waals surface area contributed by atoms with Crippen molar-refractivity contribution in [2.24, 2.45) is 0 Å². The van der Waals surface area contributed by atoms with Gasteiger partial charge in [0.15, 0.2) is 0 Å². The van der Waals surface area contributed by atoms with E-state index < -0.39 is 0 Å². The number of imidazole rings is 1. The molecule has 1 N–H and O–H groups in total. The highest BCUT2D eigenvalue weighted by Crippen LogP contribution is 2.21. The summed E-state index contributed by atoms with van der Waals surface area (Å²) in [5.74, 6) is 0.897. The van der Waals surface area contributed by atoms with Gasteiger partial charge < -0.3 is 9.88 Å². The van der Waals surface area contributed by atoms with Gasteiger partial charge in [-0.25, -0.2) is 4.98 Å². The van der Waals surface area contributed by atoms with Crippen molar-refractivity contribution in [3.05, 3.63) is 102 Å². The molecule has 146 valence electrons. The van der Waals surface area contributed by atoms with E-state index in [0.717, 1.165) is 35.4 Å². The number of rotatable bonds is 7. The lowest BCUT2D eigenvalue weighted by molar-refractivity contribution is -0.121. The van der Waals surface area contributed by atoms with Crippen LogP contribution in [-0.4, -0.2) is 15.5 Å². The number of carbonyl (C=O) groups is 1. The smallest absolute Gasteiger partial charge is 0.224 e. The zero-order chi connectivity index (χ0) is 20.1. The summed E-state index contributed by atoms with van der Waals surface area (Å²) in [5.41, 5.74) is 4.36. The molecule has 1 atom stereocenters. The third-order valence-corrected chi connectivity index (χ3v) is 5.12. The van der Waals surface area contributed by atoms with Gasteiger partial charge in [0.1, 0.15) is 5.82 Å². The molecule has 4 rings (SSSR count). The van der Waals surface area contributed by atoms with Crippen LogP contribution < -0.4 is 5.32 Å². The van der Waals surface area contributed by atoms with E-state index in [-0.39, 0.29) is 11.9 Å². The van der Waals surface area contributed by atoms with E-state index >= 15 is 0 Å². The molecule has 4 aromatic rings. The fourth-order valence-electron chi connectivity index (χ4n) is 3.68. The largest absolute Gasteiger partial charge is 0.346 e. The number of nitrogens with zero attached hydrogens (tertiary/aromatic N) is 2. The van der Waals surface area contributed by atoms with Crippen LogP contribution in [0.3, 0.4) is 0 Å². The highest BCUT2D eigenvalue weighted by Gasteiger charge is 2.18. The van der Waals surface area contributed by atoms with Gasteiger partial charge in [-0.2, -0.15) is 0 Å². The lowest BCUT2D eigenvalue weighted by Gasteiger charge is -2.16. The topological polar surface area (TPSA) is 46.9 Å². The zero-order valence-corrected chi connectivity index (χ0v) is 16.6. The first kappa shape index (κ1) is 18.9. The highest BCUT2D eigenvalue weighted by molar-refractivity contribution is 5.79. The second-order valence-corrected chi connectivity index (χ2v) is 7.30. The Balaban J connectivity index is 1.54. The maximum atomic E-state index is 12.6. The molecule has 0 spiro atoms. The van der Waals surface area contributed by atoms with E-state index in [0.29, 0.717) is 6.42 Å². The number of carbonyl (C=O) groups excluding carboxylic acids is 1. The molecule has 4 nitrogen and oxygen atoms in total. The predicted octanol–water partition coefficient (Wildman–Crippen LogP) is 4.70. The van der Waals surface area contributed by atoms with Crippen LogP contribution in [0.4, 0.5) is 0 Å². The molecule has 3 aromatic carbocycles. The Bertz CT molecular complexity index is 1090. The maximum Gasteiger partial charge on any atom is 0.224 e. The predicted molar refractivity (Wildman–Crippen MR) is 117 cm³/mol. The van der Waals surface area contributed by atoms with Gasteiger partial charge >= 0.3 is 0 Å². The summed E-state index contributed by atoms with van der Waals surface area (Å²) in [4.78, 5) is 17.4. The van der Waals surface area contributed by atoms with E-state index in [2.05, 4.69) is 40.2 Å². The Morgan fingerprint density at radius 3 is 2.24 bits per heavy atom. The monoisotopic (exact) mass is 383 g/mol. The molecule has 1 aromatic heterocycles. The van der Waals surface area contributed by atoms with Gasteiger partial charge in [0.05, 0.1) is 23.5 Å². The molecule has 0 saturated carbocycles. The van der Waals surface area contributed by atoms with Crippen molar-refractivity contribution in [1.29, 1.82) is 0 Å². The minimum absolute atomic E-state index is 0.00497. The molecule has 0 fully saturated rings. The number of para-hydroxylation sites is 2. The highest BCUT2D eigenvalue weighted by atomic mass is 16.1. The number of fused-ring (bicyclic) bond motifs is 1. The molecule has 1 amide bonds. The van der Waals surface area contributed by atoms with Crippen LogP contribution in [0.5, 0.6) is 0 Å². The average Bonchev–Trinajstić information content (AvgIpc) is 3.12. The minimum Gasteiger partial charge on any atom is -0.346 e. The second kappa shape index (κ2) is 8.74. The second-order valence-electron chi connectivity index (χ2n) is 7.30. The van der Waals surface area contributed by atoms with Crippen LogP contribution in [-0.2, 0) is 24.2 Å². The van der Waals surface area contributed by atoms with Gasteiger partial charge in [-0.15, -0.1) is 0 Å². The molecule has 4 heteroatoms. The zero-order valence-electron chi connectivity index (χ0n) is 16.6. The first-order chi connectivity index (χ1) is 14.2. The van der Waals surface area contributed by atoms with E-state index in [9.17, 15) is 4.79 Å². The quantitative estimate of drug-likeness (QED) is 0.503. The first-order valence-electron chi connectivity index (χ1n) is 10.0. The Morgan fingerprint density at radius 1 is 0.897 bits per heavy atom. The van der Waals surface area contributed by atoms with Gasteiger partial charge in [0.25, 0.3) is 0 Å². The lowest BCUT2D eigenvalue weighted by atomic mass is 10.1. The number of nitrogens with one attached hydrogen (secondary N) is 1. The van der Waals surface area contributed by atoms with Crippen molar-refractivity contribution < 1.29 is 4.79 Å². The average molecular weight is 383 g/mol. The molecule has 0 bridgehead atoms. The molecular formula is C25H25N3O. The Kier molecular flexibility index (Phi) is 5.71. The van der Waals surface area contributed by atoms with Crippen LogP contribution in [0.15, 0.2) is 84.9 Å². The lowest BCUT2D eigenvalue weighted by Crippen LogP contribution is -2.30. The third kappa shape index (κ3) is 4.54. The Morgan fingerprint density at radius 2 is 1.52 bits per heavy atom. The summed E-state index contributed by atoms with van der Waals surface area (Å²) in [7, 11) is 0. The van der Waals surface area contributed by atoms with Gasteiger partial charge in [0.2, 0.25) is 5.91 Å². The standard InChI is InChI=1S/C25H25N3O/c1-19(26-24(29)18-21-12-6-3-7-13-21)25-27-22-14-8-9-15-23(22)28(25)17-16-20-10-4-2-5-11-20/h2-15,19H,16-18H2,1H3,(H,26,29). The van der Waals surface area contributed by atoms with Crippen molar-refractivity contribution in [2.75, 3.05) is 0 Å². The summed E-state index contributed by atoms with van der Waals surface area (Å²) in [6.45, 7) is 2.82. The maximum absolute atomic E-state index is 12.6. The van der Waals surface area contributed by atoms with Crippen LogP contribution in [0.25, 0.3) is 11.0 Å². The molecule has 0 saturated heterocycles. The molecular weight excluding hydrogens is 358 g/mol. The summed E-state index contributed by atoms with van der Waals surface area (Å²) in [5, 5.41) is 3.12. The van der Waals surface area contributed by atoms with Gasteiger partial charge in [0, 0.05) is 6.54 Å². The molecule has 0 aliphatic rings. The first-order valence-corrected chi connectivity index (χ1v) is 10.0. The van der Waals surface area contributed by atoms with Crippen molar-refractivity contribution in [3.63, 3.8) is 0 Å². The Hall–Kier alpha value is -3.40. The van der Waals surface area contributed by atoms with Crippen molar-refractivity contribution in [2.45, 2.75) is 32.4 Å². The molecule has 1 heterocycles. The van der Waals surface area contributed by atoms with Crippen molar-refractivity contribution >= 4 is 16.9 Å². The third-order valence-electron chi connectivity index (χ3n) is 5.12. The van der Waals surface area contributed by atoms with Crippen LogP contribution in [0, 0.1) is 0 Å². The molecule has 0 aliphatic heterocycles. The van der Waals surface area contributed by atoms with Crippen LogP contribution in [0.1, 0.15) is 29.9 Å². The normalized spacial score (nSPS) is 12.0. The number of aryl methyl sites for hydroxylation is 2. The molecule has 29 heavy (non-hydrogen) atoms. The summed E-state index contributed by atoms with van der Waals surface area (Å²) >= 11 is 0. The number of hydrogen-bond donors (Lipinski definition) is 1.